The van der Waals surface area contributed by atoms with Crippen molar-refractivity contribution >= 4 is 27.6 Å². The highest BCUT2D eigenvalue weighted by Crippen LogP contribution is 2.48. The van der Waals surface area contributed by atoms with Crippen LogP contribution in [-0.2, 0) is 0 Å². The predicted molar refractivity (Wildman–Crippen MR) is 134 cm³/mol. The highest BCUT2D eigenvalue weighted by Gasteiger charge is 2.25. The van der Waals surface area contributed by atoms with Crippen molar-refractivity contribution in [2.75, 3.05) is 0 Å². The highest BCUT2D eigenvalue weighted by atomic mass is 19.1. The average Bonchev–Trinajstić information content (AvgIpc) is 2.83. The molecule has 32 heavy (non-hydrogen) atoms. The topological polar surface area (TPSA) is 0 Å². The molecule has 0 nitrogen and oxygen atoms in total. The molecule has 1 aliphatic carbocycles. The van der Waals surface area contributed by atoms with Crippen LogP contribution in [0.2, 0.25) is 0 Å². The zero-order valence-electron chi connectivity index (χ0n) is 18.0. The van der Waals surface area contributed by atoms with Crippen LogP contribution in [0.1, 0.15) is 30.4 Å². The number of hydrogen-bond donors (Lipinski definition) is 0. The maximum Gasteiger partial charge on any atom is 0.123 e. The Bertz CT molecular complexity index is 1500. The van der Waals surface area contributed by atoms with E-state index in [1.807, 2.05) is 12.1 Å². The van der Waals surface area contributed by atoms with Crippen LogP contribution in [0.25, 0.3) is 49.9 Å². The normalized spacial score (nSPS) is 15.2. The fourth-order valence-corrected chi connectivity index (χ4v) is 5.33. The van der Waals surface area contributed by atoms with E-state index in [-0.39, 0.29) is 5.82 Å². The molecule has 0 aliphatic heterocycles. The molecule has 6 rings (SSSR count). The third-order valence-corrected chi connectivity index (χ3v) is 6.75. The average molecular weight is 415 g/mol. The van der Waals surface area contributed by atoms with Gasteiger partial charge in [-0.3, -0.25) is 0 Å². The summed E-state index contributed by atoms with van der Waals surface area (Å²) < 4.78 is 13.7. The summed E-state index contributed by atoms with van der Waals surface area (Å²) in [6, 6.07) is 30.8. The Morgan fingerprint density at radius 2 is 1.34 bits per heavy atom. The first-order valence-corrected chi connectivity index (χ1v) is 11.2. The van der Waals surface area contributed by atoms with Crippen LogP contribution >= 0.6 is 0 Å². The largest absolute Gasteiger partial charge is 0.207 e. The van der Waals surface area contributed by atoms with Crippen molar-refractivity contribution < 1.29 is 4.39 Å². The molecule has 5 aromatic carbocycles. The molecule has 0 saturated carbocycles. The van der Waals surface area contributed by atoms with E-state index in [0.29, 0.717) is 5.92 Å². The first kappa shape index (κ1) is 19.0. The lowest BCUT2D eigenvalue weighted by molar-refractivity contribution is 0.628. The van der Waals surface area contributed by atoms with E-state index in [2.05, 4.69) is 85.8 Å². The van der Waals surface area contributed by atoms with Crippen molar-refractivity contribution in [3.8, 4) is 22.3 Å². The van der Waals surface area contributed by atoms with E-state index < -0.39 is 0 Å². The van der Waals surface area contributed by atoms with Gasteiger partial charge in [-0.15, -0.1) is 0 Å². The van der Waals surface area contributed by atoms with Gasteiger partial charge in [-0.2, -0.15) is 0 Å². The zero-order chi connectivity index (χ0) is 21.7. The maximum absolute atomic E-state index is 13.7. The Morgan fingerprint density at radius 1 is 0.688 bits per heavy atom. The van der Waals surface area contributed by atoms with Crippen molar-refractivity contribution in [1.82, 2.24) is 0 Å². The highest BCUT2D eigenvalue weighted by molar-refractivity contribution is 6.13. The molecule has 5 aromatic rings. The summed E-state index contributed by atoms with van der Waals surface area (Å²) >= 11 is 0. The summed E-state index contributed by atoms with van der Waals surface area (Å²) in [7, 11) is 0. The molecule has 154 valence electrons. The summed E-state index contributed by atoms with van der Waals surface area (Å²) in [5.41, 5.74) is 7.52. The summed E-state index contributed by atoms with van der Waals surface area (Å²) in [6.07, 6.45) is 5.57. The molecule has 0 fully saturated rings. The van der Waals surface area contributed by atoms with Crippen LogP contribution in [0.5, 0.6) is 0 Å². The second kappa shape index (κ2) is 7.46. The molecule has 0 saturated heterocycles. The van der Waals surface area contributed by atoms with Crippen LogP contribution in [0.15, 0.2) is 97.1 Å². The van der Waals surface area contributed by atoms with Crippen LogP contribution in [0.4, 0.5) is 4.39 Å². The van der Waals surface area contributed by atoms with Gasteiger partial charge in [0, 0.05) is 0 Å². The van der Waals surface area contributed by atoms with Crippen molar-refractivity contribution in [1.29, 1.82) is 0 Å². The number of halogens is 1. The van der Waals surface area contributed by atoms with Gasteiger partial charge in [0.2, 0.25) is 0 Å². The van der Waals surface area contributed by atoms with E-state index in [1.165, 1.54) is 49.4 Å². The minimum Gasteiger partial charge on any atom is -0.207 e. The van der Waals surface area contributed by atoms with Gasteiger partial charge in [0.25, 0.3) is 0 Å². The van der Waals surface area contributed by atoms with Gasteiger partial charge >= 0.3 is 0 Å². The number of hydrogen-bond acceptors (Lipinski definition) is 0. The Balaban J connectivity index is 1.81. The first-order valence-electron chi connectivity index (χ1n) is 11.2. The molecule has 1 aliphatic rings. The molecular weight excluding hydrogens is 391 g/mol. The second-order valence-electron chi connectivity index (χ2n) is 8.70. The zero-order valence-corrected chi connectivity index (χ0v) is 18.0. The van der Waals surface area contributed by atoms with Gasteiger partial charge in [-0.25, -0.2) is 4.39 Å². The van der Waals surface area contributed by atoms with Crippen LogP contribution in [0.3, 0.4) is 0 Å². The van der Waals surface area contributed by atoms with Crippen LogP contribution < -0.4 is 0 Å². The van der Waals surface area contributed by atoms with Gasteiger partial charge in [-0.1, -0.05) is 97.9 Å². The summed E-state index contributed by atoms with van der Waals surface area (Å²) in [6.45, 7) is 2.32. The number of fused-ring (bicyclic) bond motifs is 3. The van der Waals surface area contributed by atoms with E-state index >= 15 is 0 Å². The minimum atomic E-state index is -0.205. The molecule has 1 atom stereocenters. The maximum atomic E-state index is 13.7. The third-order valence-electron chi connectivity index (χ3n) is 6.75. The van der Waals surface area contributed by atoms with E-state index in [1.54, 1.807) is 12.1 Å². The van der Waals surface area contributed by atoms with Gasteiger partial charge < -0.3 is 0 Å². The van der Waals surface area contributed by atoms with Gasteiger partial charge in [0.1, 0.15) is 5.82 Å². The van der Waals surface area contributed by atoms with E-state index in [9.17, 15) is 4.39 Å². The lowest BCUT2D eigenvalue weighted by Gasteiger charge is -2.28. The molecule has 0 N–H and O–H groups in total. The third kappa shape index (κ3) is 2.89. The molecule has 1 heteroatoms. The Kier molecular flexibility index (Phi) is 4.43. The molecule has 0 bridgehead atoms. The quantitative estimate of drug-likeness (QED) is 0.270. The fraction of sp³-hybridized carbons (Fsp3) is 0.0968. The summed E-state index contributed by atoms with van der Waals surface area (Å²) in [5.74, 6) is 0.191. The second-order valence-corrected chi connectivity index (χ2v) is 8.70. The van der Waals surface area contributed by atoms with Gasteiger partial charge in [0.05, 0.1) is 0 Å². The molecule has 0 radical (unpaired) electrons. The Labute approximate surface area is 187 Å². The number of rotatable bonds is 2. The van der Waals surface area contributed by atoms with Crippen molar-refractivity contribution in [2.24, 2.45) is 0 Å². The van der Waals surface area contributed by atoms with Crippen molar-refractivity contribution in [3.63, 3.8) is 0 Å². The van der Waals surface area contributed by atoms with Crippen LogP contribution in [-0.4, -0.2) is 0 Å². The van der Waals surface area contributed by atoms with E-state index in [4.69, 9.17) is 0 Å². The standard InChI is InChI=1S/C31H23F/c1-20-8-6-15-28-29(20)31(25-14-7-10-21-9-2-3-11-24(21)25)27-13-5-4-12-26(27)30(28)22-16-18-23(32)19-17-22/h2-7,9-20H,8H2,1H3. The summed E-state index contributed by atoms with van der Waals surface area (Å²) in [5, 5.41) is 4.99. The van der Waals surface area contributed by atoms with Crippen molar-refractivity contribution in [3.05, 3.63) is 114 Å². The van der Waals surface area contributed by atoms with Gasteiger partial charge in [0.15, 0.2) is 0 Å². The molecule has 0 aromatic heterocycles. The van der Waals surface area contributed by atoms with Crippen LogP contribution in [0, 0.1) is 5.82 Å². The molecule has 1 unspecified atom stereocenters. The monoisotopic (exact) mass is 414 g/mol. The first-order chi connectivity index (χ1) is 15.7. The minimum absolute atomic E-state index is 0.205. The lowest BCUT2D eigenvalue weighted by atomic mass is 9.76. The lowest BCUT2D eigenvalue weighted by Crippen LogP contribution is -2.06. The van der Waals surface area contributed by atoms with Crippen molar-refractivity contribution in [2.45, 2.75) is 19.3 Å². The molecular formula is C31H23F. The number of benzene rings is 5. The Hall–Kier alpha value is -3.71. The predicted octanol–water partition coefficient (Wildman–Crippen LogP) is 8.99. The van der Waals surface area contributed by atoms with Gasteiger partial charge in [-0.05, 0) is 79.4 Å². The molecule has 0 heterocycles. The summed E-state index contributed by atoms with van der Waals surface area (Å²) in [4.78, 5) is 0. The fourth-order valence-electron chi connectivity index (χ4n) is 5.33. The molecule has 0 spiro atoms. The smallest absolute Gasteiger partial charge is 0.123 e. The number of allylic oxidation sites excluding steroid dienone is 1. The molecule has 0 amide bonds. The Morgan fingerprint density at radius 3 is 2.12 bits per heavy atom. The SMILES string of the molecule is CC1CC=Cc2c1c(-c1cccc3ccccc13)c1ccccc1c2-c1ccc(F)cc1. The van der Waals surface area contributed by atoms with E-state index in [0.717, 1.165) is 12.0 Å².